The average molecular weight is 822 g/mol. The molecule has 0 amide bonds. The van der Waals surface area contributed by atoms with Crippen LogP contribution < -0.4 is 70.0 Å². The third kappa shape index (κ3) is 18.4. The number of nitrogens with two attached hydrogens (primary N) is 4. The molecular weight excluding hydrogens is 782 g/mol. The number of hydrogen-bond donors (Lipinski definition) is 4. The molecule has 8 N–H and O–H groups in total. The topological polar surface area (TPSA) is 223 Å². The summed E-state index contributed by atoms with van der Waals surface area (Å²) in [5, 5.41) is 26.9. The third-order valence-electron chi connectivity index (χ3n) is 7.05. The van der Waals surface area contributed by atoms with Gasteiger partial charge in [0.05, 0.1) is 5.69 Å². The van der Waals surface area contributed by atoms with Crippen LogP contribution in [-0.4, -0.2) is 15.9 Å². The van der Waals surface area contributed by atoms with Gasteiger partial charge in [0.25, 0.3) is 0 Å². The number of nitrogen functional groups attached to an aromatic ring is 4. The Morgan fingerprint density at radius 1 is 0.696 bits per heavy atom. The molecule has 16 heteroatoms. The molecule has 0 atom stereocenters. The number of pyridine rings is 2. The number of carboxylic acid groups (broad SMARTS) is 1. The van der Waals surface area contributed by atoms with Crippen LogP contribution in [0.3, 0.4) is 0 Å². The van der Waals surface area contributed by atoms with E-state index in [1.165, 1.54) is 16.7 Å². The number of rotatable bonds is 6. The number of azo groups is 1. The van der Waals surface area contributed by atoms with E-state index in [0.29, 0.717) is 51.0 Å². The number of aryl methyl sites for hydroxylation is 2. The molecule has 4 aromatic carbocycles. The Hall–Kier alpha value is -5.26. The maximum Gasteiger partial charge on any atom is 1.00 e. The fraction of sp³-hybridized carbons (Fsp3) is 0.125. The molecule has 56 heavy (non-hydrogen) atoms. The largest absolute Gasteiger partial charge is 1.00 e. The number of halogens is 3. The van der Waals surface area contributed by atoms with Crippen molar-refractivity contribution in [3.05, 3.63) is 164 Å². The summed E-state index contributed by atoms with van der Waals surface area (Å²) < 4.78 is 0. The summed E-state index contributed by atoms with van der Waals surface area (Å²) >= 11 is 11.4. The van der Waals surface area contributed by atoms with Gasteiger partial charge >= 0.3 is 35.2 Å². The fourth-order valence-corrected chi connectivity index (χ4v) is 5.10. The number of nitrogens with zero attached hydrogens (tertiary/aromatic N) is 6. The number of carbonyl (C=O) groups is 1. The Morgan fingerprint density at radius 2 is 1.16 bits per heavy atom. The molecule has 6 aromatic rings. The van der Waals surface area contributed by atoms with Crippen LogP contribution in [0.25, 0.3) is 4.98 Å². The minimum absolute atomic E-state index is 0. The minimum Gasteiger partial charge on any atom is -1.00 e. The van der Waals surface area contributed by atoms with Crippen LogP contribution >= 0.6 is 23.2 Å². The van der Waals surface area contributed by atoms with Crippen molar-refractivity contribution in [2.24, 2.45) is 10.2 Å². The van der Waals surface area contributed by atoms with Gasteiger partial charge in [-0.25, -0.2) is 9.97 Å². The minimum atomic E-state index is -1.08. The van der Waals surface area contributed by atoms with Crippen LogP contribution in [-0.2, 0) is 17.6 Å². The summed E-state index contributed by atoms with van der Waals surface area (Å²) in [6, 6.07) is 35.8. The Kier molecular flexibility index (Phi) is 21.8. The number of diazo groups is 1. The first-order valence-electron chi connectivity index (χ1n) is 16.3. The van der Waals surface area contributed by atoms with Crippen LogP contribution in [0.15, 0.2) is 125 Å². The molecule has 0 saturated carbocycles. The Bertz CT molecular complexity index is 2210. The molecule has 0 aliphatic heterocycles. The smallest absolute Gasteiger partial charge is 1.00 e. The molecule has 0 fully saturated rings. The molecule has 0 bridgehead atoms. The van der Waals surface area contributed by atoms with Gasteiger partial charge in [-0.2, -0.15) is 5.11 Å². The number of carboxylic acids is 1. The van der Waals surface area contributed by atoms with E-state index in [4.69, 9.17) is 61.4 Å². The molecule has 2 aromatic heterocycles. The number of anilines is 4. The molecule has 0 unspecified atom stereocenters. The van der Waals surface area contributed by atoms with Crippen LogP contribution in [0.2, 0.25) is 10.0 Å². The van der Waals surface area contributed by atoms with E-state index in [1.54, 1.807) is 54.6 Å². The summed E-state index contributed by atoms with van der Waals surface area (Å²) in [7, 11) is 0. The van der Waals surface area contributed by atoms with Crippen LogP contribution in [0, 0.1) is 19.2 Å². The van der Waals surface area contributed by atoms with E-state index in [2.05, 4.69) is 81.5 Å². The number of carbonyl (C=O) groups excluding carboxylic acids is 1. The number of aromatic nitrogens is 2. The molecule has 0 radical (unpaired) electrons. The molecule has 0 aliphatic rings. The summed E-state index contributed by atoms with van der Waals surface area (Å²) in [6.45, 7) is 5.11. The molecule has 0 saturated heterocycles. The molecule has 0 spiro atoms. The van der Waals surface area contributed by atoms with Gasteiger partial charge in [0.15, 0.2) is 10.8 Å². The molecule has 6 rings (SSSR count). The van der Waals surface area contributed by atoms with Crippen molar-refractivity contribution >= 4 is 69.5 Å². The number of benzene rings is 4. The van der Waals surface area contributed by atoms with Gasteiger partial charge < -0.3 is 45.2 Å². The predicted molar refractivity (Wildman–Crippen MR) is 217 cm³/mol. The van der Waals surface area contributed by atoms with Crippen molar-refractivity contribution in [2.75, 3.05) is 22.9 Å². The van der Waals surface area contributed by atoms with Crippen LogP contribution in [0.4, 0.5) is 40.3 Å². The van der Waals surface area contributed by atoms with Crippen molar-refractivity contribution in [3.63, 3.8) is 0 Å². The molecule has 12 nitrogen and oxygen atoms in total. The van der Waals surface area contributed by atoms with Crippen molar-refractivity contribution < 1.29 is 51.9 Å². The van der Waals surface area contributed by atoms with Gasteiger partial charge in [-0.15, -0.1) is 5.11 Å². The zero-order valence-electron chi connectivity index (χ0n) is 31.3. The normalized spacial score (nSPS) is 9.71. The zero-order chi connectivity index (χ0) is 39.6. The van der Waals surface area contributed by atoms with E-state index in [9.17, 15) is 0 Å². The summed E-state index contributed by atoms with van der Waals surface area (Å²) in [6.07, 6.45) is 1.48. The molecule has 284 valence electrons. The molecule has 0 aliphatic carbocycles. The zero-order valence-corrected chi connectivity index (χ0v) is 35.6. The Labute approximate surface area is 364 Å². The van der Waals surface area contributed by atoms with Crippen LogP contribution in [0.1, 0.15) is 40.3 Å². The van der Waals surface area contributed by atoms with Gasteiger partial charge in [0.1, 0.15) is 23.1 Å². The first-order chi connectivity index (χ1) is 25.7. The van der Waals surface area contributed by atoms with Gasteiger partial charge in [-0.3, -0.25) is 0 Å². The number of aliphatic carboxylic acids is 1. The Balaban J connectivity index is 0.000000433. The van der Waals surface area contributed by atoms with Crippen molar-refractivity contribution in [3.8, 4) is 0 Å². The quantitative estimate of drug-likeness (QED) is 0.110. The SMILES string of the molecule is CC(=O)[O-].Cc1cccc(Cc2cc(N)nc(N)c2)c1.Cc1cccc(Cc2cc(N)nc(N)c2N=Nc2ccc(Cl)cc2)c1.N#[N+]c1ccc(Cl)cc1.[Cl-].[Na+]. The predicted octanol–water partition coefficient (Wildman–Crippen LogP) is 2.95. The van der Waals surface area contributed by atoms with Gasteiger partial charge in [-0.05, 0) is 110 Å². The summed E-state index contributed by atoms with van der Waals surface area (Å²) in [5.74, 6) is 0.497. The maximum absolute atomic E-state index is 8.89. The third-order valence-corrected chi connectivity index (χ3v) is 7.55. The van der Waals surface area contributed by atoms with Crippen molar-refractivity contribution in [2.45, 2.75) is 33.6 Å². The standard InChI is InChI=1S/C19H18ClN5.C13H15N3.C6H4ClN2.C2H4O2.ClH.Na/c1-12-3-2-4-13(9-12)10-14-11-17(21)23-19(22)18(14)25-24-16-7-5-15(20)6-8-16;1-9-3-2-4-10(5-9)6-11-7-12(14)16-13(15)8-11;7-5-1-3-6(9-8)4-2-5;1-2(3)4;;/h2-9,11H,10H2,1H3,(H4,21,22,23);2-5,7-8H,6H2,1H3,(H4,14,15,16);1-4H;1H3,(H,3,4);1H;/q;;+1;;;+1/p-2. The number of hydrogen-bond acceptors (Lipinski definition) is 11. The Morgan fingerprint density at radius 3 is 1.64 bits per heavy atom. The van der Waals surface area contributed by atoms with E-state index in [1.807, 2.05) is 18.2 Å². The van der Waals surface area contributed by atoms with Crippen molar-refractivity contribution in [1.82, 2.24) is 9.97 Å². The van der Waals surface area contributed by atoms with Crippen molar-refractivity contribution in [1.29, 1.82) is 5.39 Å². The second kappa shape index (κ2) is 25.0. The van der Waals surface area contributed by atoms with Gasteiger partial charge in [0, 0.05) is 28.1 Å². The average Bonchev–Trinajstić information content (AvgIpc) is 3.09. The second-order valence-corrected chi connectivity index (χ2v) is 12.7. The second-order valence-electron chi connectivity index (χ2n) is 11.8. The first-order valence-corrected chi connectivity index (χ1v) is 17.1. The van der Waals surface area contributed by atoms with E-state index >= 15 is 0 Å². The van der Waals surface area contributed by atoms with Gasteiger partial charge in [-0.1, -0.05) is 82.9 Å². The van der Waals surface area contributed by atoms with E-state index in [0.717, 1.165) is 30.0 Å². The fourth-order valence-electron chi connectivity index (χ4n) is 4.85. The van der Waals surface area contributed by atoms with Crippen LogP contribution in [0.5, 0.6) is 0 Å². The molecular formula is C40H40Cl3N10NaO2. The van der Waals surface area contributed by atoms with E-state index < -0.39 is 5.97 Å². The summed E-state index contributed by atoms with van der Waals surface area (Å²) in [4.78, 5) is 19.9. The van der Waals surface area contributed by atoms with E-state index in [-0.39, 0.29) is 47.8 Å². The first kappa shape index (κ1) is 48.8. The monoisotopic (exact) mass is 820 g/mol. The maximum atomic E-state index is 8.89. The molecule has 2 heterocycles. The van der Waals surface area contributed by atoms with Gasteiger partial charge in [0.2, 0.25) is 5.39 Å². The summed E-state index contributed by atoms with van der Waals surface area (Å²) in [5.41, 5.74) is 31.7.